The van der Waals surface area contributed by atoms with Crippen LogP contribution in [0.15, 0.2) is 0 Å². The molecule has 188 valence electrons. The van der Waals surface area contributed by atoms with E-state index in [1.165, 1.54) is 64.2 Å². The zero-order valence-electron chi connectivity index (χ0n) is 21.4. The van der Waals surface area contributed by atoms with Crippen molar-refractivity contribution in [3.8, 4) is 0 Å². The van der Waals surface area contributed by atoms with Crippen molar-refractivity contribution < 1.29 is 19.7 Å². The van der Waals surface area contributed by atoms with E-state index in [0.29, 0.717) is 6.54 Å². The summed E-state index contributed by atoms with van der Waals surface area (Å²) in [5.41, 5.74) is 5.49. The number of unbranched alkanes of at least 4 members (excludes halogenated alkanes) is 11. The molecule has 0 heterocycles. The van der Waals surface area contributed by atoms with Crippen LogP contribution in [0.25, 0.3) is 0 Å². The van der Waals surface area contributed by atoms with Crippen molar-refractivity contribution in [2.24, 2.45) is 11.1 Å². The minimum Gasteiger partial charge on any atom is -0.368 e. The molecule has 0 amide bonds. The maximum absolute atomic E-state index is 9.85. The van der Waals surface area contributed by atoms with Crippen molar-refractivity contribution in [3.63, 3.8) is 0 Å². The van der Waals surface area contributed by atoms with Gasteiger partial charge in [-0.1, -0.05) is 84.0 Å². The molecule has 5 heteroatoms. The summed E-state index contributed by atoms with van der Waals surface area (Å²) in [4.78, 5) is 0. The van der Waals surface area contributed by atoms with Crippen LogP contribution in [-0.2, 0) is 9.47 Å². The number of ether oxygens (including phenoxy) is 2. The van der Waals surface area contributed by atoms with Crippen LogP contribution in [0, 0.1) is 5.41 Å². The molecule has 0 radical (unpaired) electrons. The summed E-state index contributed by atoms with van der Waals surface area (Å²) in [7, 11) is 0. The van der Waals surface area contributed by atoms with Gasteiger partial charge in [-0.2, -0.15) is 0 Å². The Balaban J connectivity index is 4.69. The Bertz CT molecular complexity index is 374. The molecule has 0 aromatic carbocycles. The quantitative estimate of drug-likeness (QED) is 0.135. The predicted octanol–water partition coefficient (Wildman–Crippen LogP) is 6.29. The minimum absolute atomic E-state index is 0.165. The highest BCUT2D eigenvalue weighted by Crippen LogP contribution is 2.42. The van der Waals surface area contributed by atoms with Gasteiger partial charge in [0.05, 0.1) is 12.2 Å². The normalized spacial score (nSPS) is 17.8. The van der Waals surface area contributed by atoms with Gasteiger partial charge < -0.3 is 25.4 Å². The van der Waals surface area contributed by atoms with E-state index in [1.807, 2.05) is 13.8 Å². The lowest BCUT2D eigenvalue weighted by molar-refractivity contribution is -0.217. The zero-order chi connectivity index (χ0) is 23.5. The monoisotopic (exact) mass is 445 g/mol. The number of hydrogen-bond acceptors (Lipinski definition) is 5. The Morgan fingerprint density at radius 2 is 0.968 bits per heavy atom. The van der Waals surface area contributed by atoms with Crippen molar-refractivity contribution in [1.82, 2.24) is 0 Å². The Kier molecular flexibility index (Phi) is 19.2. The molecule has 0 saturated carbocycles. The summed E-state index contributed by atoms with van der Waals surface area (Å²) < 4.78 is 11.7. The molecule has 5 nitrogen and oxygen atoms in total. The van der Waals surface area contributed by atoms with Crippen molar-refractivity contribution in [2.75, 3.05) is 6.54 Å². The Labute approximate surface area is 193 Å². The molecule has 0 rings (SSSR count). The minimum atomic E-state index is -0.819. The van der Waals surface area contributed by atoms with Gasteiger partial charge in [-0.15, -0.1) is 0 Å². The first kappa shape index (κ1) is 30.8. The standard InChI is InChI=1S/C26H55NO4/c1-6-7-8-9-10-11-12-13-14-15-16-19-26(20-17-18-21-27,22(2)30-24(4)28)23(3)31-25(5)29/h22-25,28-29H,6-21,27H2,1-5H3. The summed E-state index contributed by atoms with van der Waals surface area (Å²) in [5, 5.41) is 19.7. The lowest BCUT2D eigenvalue weighted by Crippen LogP contribution is -2.47. The molecule has 4 unspecified atom stereocenters. The first-order valence-corrected chi connectivity index (χ1v) is 13.2. The fraction of sp³-hybridized carbons (Fsp3) is 1.00. The van der Waals surface area contributed by atoms with Gasteiger partial charge in [0.15, 0.2) is 12.6 Å². The van der Waals surface area contributed by atoms with E-state index < -0.39 is 12.6 Å². The van der Waals surface area contributed by atoms with Gasteiger partial charge in [-0.25, -0.2) is 0 Å². The topological polar surface area (TPSA) is 84.9 Å². The van der Waals surface area contributed by atoms with Gasteiger partial charge >= 0.3 is 0 Å². The van der Waals surface area contributed by atoms with Crippen LogP contribution in [0.3, 0.4) is 0 Å². The van der Waals surface area contributed by atoms with Crippen molar-refractivity contribution in [2.45, 2.75) is 156 Å². The molecular formula is C26H55NO4. The van der Waals surface area contributed by atoms with E-state index in [2.05, 4.69) is 6.92 Å². The highest BCUT2D eigenvalue weighted by atomic mass is 16.6. The van der Waals surface area contributed by atoms with E-state index in [9.17, 15) is 10.2 Å². The number of aliphatic hydroxyl groups excluding tert-OH is 2. The summed E-state index contributed by atoms with van der Waals surface area (Å²) in [6.07, 6.45) is 16.3. The largest absolute Gasteiger partial charge is 0.368 e. The third-order valence-electron chi connectivity index (χ3n) is 6.76. The molecule has 0 aliphatic heterocycles. The van der Waals surface area contributed by atoms with Gasteiger partial charge in [0, 0.05) is 5.41 Å². The van der Waals surface area contributed by atoms with Crippen molar-refractivity contribution in [3.05, 3.63) is 0 Å². The van der Waals surface area contributed by atoms with Gasteiger partial charge in [-0.3, -0.25) is 0 Å². The molecule has 4 atom stereocenters. The average molecular weight is 446 g/mol. The van der Waals surface area contributed by atoms with E-state index in [1.54, 1.807) is 13.8 Å². The second kappa shape index (κ2) is 19.3. The van der Waals surface area contributed by atoms with Gasteiger partial charge in [0.1, 0.15) is 0 Å². The predicted molar refractivity (Wildman–Crippen MR) is 131 cm³/mol. The second-order valence-electron chi connectivity index (χ2n) is 9.52. The van der Waals surface area contributed by atoms with Crippen LogP contribution in [0.2, 0.25) is 0 Å². The number of nitrogens with two attached hydrogens (primary N) is 1. The Morgan fingerprint density at radius 1 is 0.613 bits per heavy atom. The molecule has 0 aromatic heterocycles. The molecule has 0 aromatic rings. The lowest BCUT2D eigenvalue weighted by Gasteiger charge is -2.44. The summed E-state index contributed by atoms with van der Waals surface area (Å²) in [6, 6.07) is 0. The first-order chi connectivity index (χ1) is 14.8. The fourth-order valence-corrected chi connectivity index (χ4v) is 4.85. The van der Waals surface area contributed by atoms with Gasteiger partial charge in [0.25, 0.3) is 0 Å². The Hall–Kier alpha value is -0.200. The number of aliphatic hydroxyl groups is 2. The van der Waals surface area contributed by atoms with Crippen molar-refractivity contribution >= 4 is 0 Å². The fourth-order valence-electron chi connectivity index (χ4n) is 4.85. The molecule has 4 N–H and O–H groups in total. The SMILES string of the molecule is CCCCCCCCCCCCCC(CCCCN)(C(C)OC(C)O)C(C)OC(C)O. The maximum atomic E-state index is 9.85. The molecule has 0 aliphatic carbocycles. The van der Waals surface area contributed by atoms with Crippen LogP contribution < -0.4 is 5.73 Å². The van der Waals surface area contributed by atoms with Crippen LogP contribution in [0.1, 0.15) is 131 Å². The third-order valence-corrected chi connectivity index (χ3v) is 6.76. The van der Waals surface area contributed by atoms with Gasteiger partial charge in [0.2, 0.25) is 0 Å². The molecule has 0 saturated heterocycles. The van der Waals surface area contributed by atoms with Crippen LogP contribution >= 0.6 is 0 Å². The highest BCUT2D eigenvalue weighted by Gasteiger charge is 2.43. The summed E-state index contributed by atoms with van der Waals surface area (Å²) in [6.45, 7) is 10.3. The smallest absolute Gasteiger partial charge is 0.152 e. The van der Waals surface area contributed by atoms with Crippen LogP contribution in [0.5, 0.6) is 0 Å². The summed E-state index contributed by atoms with van der Waals surface area (Å²) in [5.74, 6) is 0. The second-order valence-corrected chi connectivity index (χ2v) is 9.52. The molecule has 31 heavy (non-hydrogen) atoms. The lowest BCUT2D eigenvalue weighted by atomic mass is 9.70. The van der Waals surface area contributed by atoms with Gasteiger partial charge in [-0.05, 0) is 53.5 Å². The first-order valence-electron chi connectivity index (χ1n) is 13.2. The number of hydrogen-bond donors (Lipinski definition) is 3. The highest BCUT2D eigenvalue weighted by molar-refractivity contribution is 4.91. The van der Waals surface area contributed by atoms with Crippen molar-refractivity contribution in [1.29, 1.82) is 0 Å². The van der Waals surface area contributed by atoms with Crippen LogP contribution in [-0.4, -0.2) is 41.5 Å². The molecule has 0 fully saturated rings. The van der Waals surface area contributed by atoms with Crippen LogP contribution in [0.4, 0.5) is 0 Å². The third kappa shape index (κ3) is 14.5. The number of rotatable bonds is 22. The maximum Gasteiger partial charge on any atom is 0.152 e. The molecule has 0 bridgehead atoms. The average Bonchev–Trinajstić information content (AvgIpc) is 2.69. The zero-order valence-corrected chi connectivity index (χ0v) is 21.4. The van der Waals surface area contributed by atoms with E-state index >= 15 is 0 Å². The molecular weight excluding hydrogens is 390 g/mol. The molecule has 0 spiro atoms. The Morgan fingerprint density at radius 3 is 1.32 bits per heavy atom. The molecule has 0 aliphatic rings. The van der Waals surface area contributed by atoms with E-state index in [0.717, 1.165) is 32.1 Å². The van der Waals surface area contributed by atoms with E-state index in [4.69, 9.17) is 15.2 Å². The van der Waals surface area contributed by atoms with E-state index in [-0.39, 0.29) is 17.6 Å². The summed E-state index contributed by atoms with van der Waals surface area (Å²) >= 11 is 0.